The largest absolute Gasteiger partial charge is 0.353 e. The van der Waals surface area contributed by atoms with Gasteiger partial charge < -0.3 is 19.3 Å². The third-order valence-electron chi connectivity index (χ3n) is 17.6. The van der Waals surface area contributed by atoms with Gasteiger partial charge in [-0.25, -0.2) is 0 Å². The highest BCUT2D eigenvalue weighted by atomic mass is 15.2. The highest BCUT2D eigenvalue weighted by Gasteiger charge is 2.46. The van der Waals surface area contributed by atoms with Crippen molar-refractivity contribution in [3.8, 4) is 22.3 Å². The van der Waals surface area contributed by atoms with E-state index in [-0.39, 0.29) is 33.8 Å². The number of benzene rings is 9. The van der Waals surface area contributed by atoms with Gasteiger partial charge in [0.25, 0.3) is 6.71 Å². The van der Waals surface area contributed by atoms with E-state index in [9.17, 15) is 0 Å². The summed E-state index contributed by atoms with van der Waals surface area (Å²) in [5.74, 6) is 0. The number of anilines is 9. The van der Waals surface area contributed by atoms with Crippen LogP contribution in [0.5, 0.6) is 0 Å². The van der Waals surface area contributed by atoms with Crippen molar-refractivity contribution >= 4 is 85.3 Å². The van der Waals surface area contributed by atoms with Gasteiger partial charge in [-0.3, -0.25) is 0 Å². The normalized spacial score (nSPS) is 13.5. The topological polar surface area (TPSA) is 14.7 Å². The molecule has 3 heterocycles. The summed E-state index contributed by atoms with van der Waals surface area (Å²) in [5.41, 5.74) is 27.0. The molecule has 10 aromatic rings. The Bertz CT molecular complexity index is 3980. The van der Waals surface area contributed by atoms with Crippen molar-refractivity contribution in [2.45, 2.75) is 131 Å². The van der Waals surface area contributed by atoms with Crippen LogP contribution in [0.25, 0.3) is 33.2 Å². The molecular formula is C77H81BN4. The van der Waals surface area contributed by atoms with Crippen molar-refractivity contribution in [2.75, 3.05) is 14.7 Å². The molecule has 12 rings (SSSR count). The van der Waals surface area contributed by atoms with Crippen LogP contribution in [0.1, 0.15) is 132 Å². The Morgan fingerprint density at radius 2 is 0.805 bits per heavy atom. The SMILES string of the molecule is Cn1c2c(c3cccc(-c4ccc(C(C)(C)C)cc4-c4ccccc4)c31)N(c1ccc(C(C)(C)C)cc1)c1cccc3c1B2c1ccc(N(c2ccc(C(C)(C)C)cc2)c2ccc(C(C)(C)C)cc2)cc1N3c1ccc(C(C)(C)C)cc1. The smallest absolute Gasteiger partial charge is 0.272 e. The van der Waals surface area contributed by atoms with Crippen LogP contribution in [0.3, 0.4) is 0 Å². The number of para-hydroxylation sites is 1. The Morgan fingerprint density at radius 3 is 1.32 bits per heavy atom. The van der Waals surface area contributed by atoms with Crippen molar-refractivity contribution in [1.29, 1.82) is 0 Å². The van der Waals surface area contributed by atoms with Gasteiger partial charge in [0.2, 0.25) is 0 Å². The van der Waals surface area contributed by atoms with Crippen molar-refractivity contribution in [1.82, 2.24) is 4.57 Å². The highest BCUT2D eigenvalue weighted by molar-refractivity contribution is 7.00. The lowest BCUT2D eigenvalue weighted by Crippen LogP contribution is -2.62. The van der Waals surface area contributed by atoms with Crippen molar-refractivity contribution in [3.05, 3.63) is 228 Å². The minimum Gasteiger partial charge on any atom is -0.353 e. The average molecular weight is 1070 g/mol. The van der Waals surface area contributed by atoms with Crippen LogP contribution < -0.4 is 31.2 Å². The summed E-state index contributed by atoms with van der Waals surface area (Å²) in [4.78, 5) is 7.61. The number of rotatable bonds is 7. The van der Waals surface area contributed by atoms with Crippen LogP contribution in [-0.2, 0) is 34.1 Å². The quantitative estimate of drug-likeness (QED) is 0.148. The van der Waals surface area contributed by atoms with Gasteiger partial charge >= 0.3 is 0 Å². The highest BCUT2D eigenvalue weighted by Crippen LogP contribution is 2.50. The Kier molecular flexibility index (Phi) is 13.0. The van der Waals surface area contributed by atoms with Gasteiger partial charge in [-0.05, 0) is 155 Å². The molecular weight excluding hydrogens is 992 g/mol. The van der Waals surface area contributed by atoms with Gasteiger partial charge in [0.1, 0.15) is 0 Å². The molecule has 2 aliphatic heterocycles. The molecule has 82 heavy (non-hydrogen) atoms. The number of nitrogens with zero attached hydrogens (tertiary/aromatic N) is 4. The number of hydrogen-bond acceptors (Lipinski definition) is 3. The molecule has 9 aromatic carbocycles. The fourth-order valence-electron chi connectivity index (χ4n) is 12.9. The Balaban J connectivity index is 1.16. The lowest BCUT2D eigenvalue weighted by atomic mass is 9.35. The summed E-state index contributed by atoms with van der Waals surface area (Å²) in [5, 5.41) is 1.23. The van der Waals surface area contributed by atoms with Crippen LogP contribution in [0, 0.1) is 0 Å². The molecule has 5 heteroatoms. The van der Waals surface area contributed by atoms with E-state index in [2.05, 4.69) is 330 Å². The molecule has 0 radical (unpaired) electrons. The molecule has 0 aliphatic carbocycles. The van der Waals surface area contributed by atoms with Crippen LogP contribution in [-0.4, -0.2) is 11.3 Å². The fourth-order valence-corrected chi connectivity index (χ4v) is 12.9. The summed E-state index contributed by atoms with van der Waals surface area (Å²) in [6.07, 6.45) is 0. The minimum absolute atomic E-state index is 0.00257. The second-order valence-corrected chi connectivity index (χ2v) is 28.5. The van der Waals surface area contributed by atoms with Crippen molar-refractivity contribution < 1.29 is 0 Å². The number of hydrogen-bond donors (Lipinski definition) is 0. The first kappa shape index (κ1) is 54.6. The maximum atomic E-state index is 2.59. The van der Waals surface area contributed by atoms with E-state index in [4.69, 9.17) is 0 Å². The zero-order valence-corrected chi connectivity index (χ0v) is 51.4. The van der Waals surface area contributed by atoms with E-state index in [0.29, 0.717) is 0 Å². The fraction of sp³-hybridized carbons (Fsp3) is 0.273. The summed E-state index contributed by atoms with van der Waals surface area (Å²) >= 11 is 0. The van der Waals surface area contributed by atoms with Crippen LogP contribution in [0.2, 0.25) is 0 Å². The summed E-state index contributed by atoms with van der Waals surface area (Å²) in [6.45, 7) is 34.4. The Morgan fingerprint density at radius 1 is 0.354 bits per heavy atom. The standard InChI is InChI=1S/C77H81BN4/c1-73(2,3)51-28-37-56(38-29-51)80(57-39-30-52(31-40-57)74(4,5)6)60-45-47-65-68(49-60)81(58-41-32-53(33-42-58)75(7,8)9)66-26-21-27-67-69(66)78(65)72-71(82(67)59-43-34-54(35-44-59)76(10,11)12)63-25-20-24-62(70(63)79(72)16)61-46-36-55(77(13,14)15)48-64(61)50-22-18-17-19-23-50/h17-49H,1-16H3. The van der Waals surface area contributed by atoms with E-state index in [1.807, 2.05) is 0 Å². The second-order valence-electron chi connectivity index (χ2n) is 28.5. The molecule has 0 amide bonds. The molecule has 2 aliphatic rings. The molecule has 0 saturated heterocycles. The molecule has 0 fully saturated rings. The Labute approximate surface area is 490 Å². The summed E-state index contributed by atoms with van der Waals surface area (Å²) in [6, 6.07) is 76.8. The van der Waals surface area contributed by atoms with Crippen LogP contribution >= 0.6 is 0 Å². The third kappa shape index (κ3) is 9.44. The Hall–Kier alpha value is -8.02. The van der Waals surface area contributed by atoms with Gasteiger partial charge in [-0.1, -0.05) is 231 Å². The van der Waals surface area contributed by atoms with Crippen molar-refractivity contribution in [3.63, 3.8) is 0 Å². The first-order valence-corrected chi connectivity index (χ1v) is 29.7. The summed E-state index contributed by atoms with van der Waals surface area (Å²) < 4.78 is 2.57. The van der Waals surface area contributed by atoms with Gasteiger partial charge in [0.15, 0.2) is 0 Å². The molecule has 0 N–H and O–H groups in total. The predicted molar refractivity (Wildman–Crippen MR) is 356 cm³/mol. The van der Waals surface area contributed by atoms with E-state index in [1.165, 1.54) is 100 Å². The molecule has 4 nitrogen and oxygen atoms in total. The zero-order chi connectivity index (χ0) is 58.0. The van der Waals surface area contributed by atoms with E-state index in [0.717, 1.165) is 28.4 Å². The predicted octanol–water partition coefficient (Wildman–Crippen LogP) is 19.6. The number of aryl methyl sites for hydroxylation is 1. The molecule has 0 unspecified atom stereocenters. The van der Waals surface area contributed by atoms with Crippen molar-refractivity contribution in [2.24, 2.45) is 7.05 Å². The molecule has 1 aromatic heterocycles. The first-order chi connectivity index (χ1) is 38.8. The number of fused-ring (bicyclic) bond motifs is 6. The lowest BCUT2D eigenvalue weighted by Gasteiger charge is -2.44. The van der Waals surface area contributed by atoms with E-state index >= 15 is 0 Å². The van der Waals surface area contributed by atoms with Gasteiger partial charge in [-0.2, -0.15) is 0 Å². The second kappa shape index (κ2) is 19.6. The van der Waals surface area contributed by atoms with Crippen LogP contribution in [0.4, 0.5) is 51.2 Å². The first-order valence-electron chi connectivity index (χ1n) is 29.7. The van der Waals surface area contributed by atoms with Crippen LogP contribution in [0.15, 0.2) is 200 Å². The van der Waals surface area contributed by atoms with E-state index < -0.39 is 0 Å². The molecule has 412 valence electrons. The lowest BCUT2D eigenvalue weighted by molar-refractivity contribution is 0.590. The maximum Gasteiger partial charge on any atom is 0.272 e. The molecule has 0 spiro atoms. The van der Waals surface area contributed by atoms with Gasteiger partial charge in [0, 0.05) is 69.1 Å². The molecule has 0 bridgehead atoms. The zero-order valence-electron chi connectivity index (χ0n) is 51.4. The third-order valence-corrected chi connectivity index (χ3v) is 17.6. The average Bonchev–Trinajstić information content (AvgIpc) is 1.41. The molecule has 0 atom stereocenters. The monoisotopic (exact) mass is 1070 g/mol. The number of aromatic nitrogens is 1. The van der Waals surface area contributed by atoms with Gasteiger partial charge in [0.05, 0.1) is 11.2 Å². The maximum absolute atomic E-state index is 2.59. The van der Waals surface area contributed by atoms with Gasteiger partial charge in [-0.15, -0.1) is 0 Å². The van der Waals surface area contributed by atoms with E-state index in [1.54, 1.807) is 0 Å². The molecule has 0 saturated carbocycles. The summed E-state index contributed by atoms with van der Waals surface area (Å²) in [7, 11) is 2.33. The minimum atomic E-state index is -0.117.